The van der Waals surface area contributed by atoms with Crippen LogP contribution in [-0.4, -0.2) is 7.11 Å². The normalized spacial score (nSPS) is 10.4. The SMILES string of the molecule is COc1cccc(-c2ccc(CN)cc2Cl)c1F. The Kier molecular flexibility index (Phi) is 3.84. The molecule has 0 aliphatic heterocycles. The Labute approximate surface area is 110 Å². The molecule has 0 aliphatic carbocycles. The van der Waals surface area contributed by atoms with E-state index in [0.717, 1.165) is 5.56 Å². The van der Waals surface area contributed by atoms with Crippen molar-refractivity contribution < 1.29 is 9.13 Å². The minimum atomic E-state index is -0.414. The Morgan fingerprint density at radius 1 is 1.22 bits per heavy atom. The first-order valence-corrected chi connectivity index (χ1v) is 5.86. The summed E-state index contributed by atoms with van der Waals surface area (Å²) in [5.41, 5.74) is 7.49. The first-order valence-electron chi connectivity index (χ1n) is 5.48. The highest BCUT2D eigenvalue weighted by Gasteiger charge is 2.13. The van der Waals surface area contributed by atoms with E-state index in [9.17, 15) is 4.39 Å². The molecule has 0 heterocycles. The summed E-state index contributed by atoms with van der Waals surface area (Å²) in [6, 6.07) is 10.3. The summed E-state index contributed by atoms with van der Waals surface area (Å²) in [7, 11) is 1.43. The molecular weight excluding hydrogens is 253 g/mol. The van der Waals surface area contributed by atoms with Crippen LogP contribution in [0.2, 0.25) is 5.02 Å². The van der Waals surface area contributed by atoms with Crippen molar-refractivity contribution in [3.05, 3.63) is 52.8 Å². The lowest BCUT2D eigenvalue weighted by Gasteiger charge is -2.10. The second-order valence-corrected chi connectivity index (χ2v) is 4.25. The van der Waals surface area contributed by atoms with E-state index in [-0.39, 0.29) is 5.75 Å². The van der Waals surface area contributed by atoms with Gasteiger partial charge in [-0.3, -0.25) is 0 Å². The number of nitrogens with two attached hydrogens (primary N) is 1. The van der Waals surface area contributed by atoms with E-state index in [1.54, 1.807) is 30.3 Å². The van der Waals surface area contributed by atoms with Gasteiger partial charge in [0.05, 0.1) is 7.11 Å². The summed E-state index contributed by atoms with van der Waals surface area (Å²) in [4.78, 5) is 0. The molecule has 0 amide bonds. The first kappa shape index (κ1) is 12.9. The molecule has 0 fully saturated rings. The Morgan fingerprint density at radius 2 is 2.00 bits per heavy atom. The maximum absolute atomic E-state index is 14.1. The smallest absolute Gasteiger partial charge is 0.172 e. The Bertz CT molecular complexity index is 572. The van der Waals surface area contributed by atoms with Crippen molar-refractivity contribution in [1.82, 2.24) is 0 Å². The van der Waals surface area contributed by atoms with Gasteiger partial charge in [-0.15, -0.1) is 0 Å². The monoisotopic (exact) mass is 265 g/mol. The van der Waals surface area contributed by atoms with Gasteiger partial charge in [-0.05, 0) is 17.7 Å². The summed E-state index contributed by atoms with van der Waals surface area (Å²) in [5, 5.41) is 0.477. The van der Waals surface area contributed by atoms with Crippen molar-refractivity contribution in [2.45, 2.75) is 6.54 Å². The summed E-state index contributed by atoms with van der Waals surface area (Å²) in [6.07, 6.45) is 0. The quantitative estimate of drug-likeness (QED) is 0.920. The Balaban J connectivity index is 2.55. The van der Waals surface area contributed by atoms with Gasteiger partial charge in [0.25, 0.3) is 0 Å². The van der Waals surface area contributed by atoms with Crippen LogP contribution in [0.15, 0.2) is 36.4 Å². The van der Waals surface area contributed by atoms with Gasteiger partial charge < -0.3 is 10.5 Å². The van der Waals surface area contributed by atoms with Crippen molar-refractivity contribution >= 4 is 11.6 Å². The van der Waals surface area contributed by atoms with E-state index in [2.05, 4.69) is 0 Å². The molecule has 2 N–H and O–H groups in total. The molecule has 0 radical (unpaired) electrons. The third-order valence-electron chi connectivity index (χ3n) is 2.74. The lowest BCUT2D eigenvalue weighted by molar-refractivity contribution is 0.387. The number of hydrogen-bond acceptors (Lipinski definition) is 2. The highest BCUT2D eigenvalue weighted by atomic mass is 35.5. The highest BCUT2D eigenvalue weighted by molar-refractivity contribution is 6.33. The number of methoxy groups -OCH3 is 1. The van der Waals surface area contributed by atoms with Crippen LogP contribution in [0.25, 0.3) is 11.1 Å². The third kappa shape index (κ3) is 2.33. The number of rotatable bonds is 3. The molecule has 0 spiro atoms. The van der Waals surface area contributed by atoms with Crippen LogP contribution in [-0.2, 0) is 6.54 Å². The van der Waals surface area contributed by atoms with Gasteiger partial charge in [0.2, 0.25) is 0 Å². The molecule has 0 atom stereocenters. The second kappa shape index (κ2) is 5.38. The fourth-order valence-electron chi connectivity index (χ4n) is 1.78. The fourth-order valence-corrected chi connectivity index (χ4v) is 2.09. The molecule has 0 aliphatic rings. The topological polar surface area (TPSA) is 35.2 Å². The van der Waals surface area contributed by atoms with Crippen molar-refractivity contribution in [2.75, 3.05) is 7.11 Å². The third-order valence-corrected chi connectivity index (χ3v) is 3.06. The Hall–Kier alpha value is -1.58. The van der Waals surface area contributed by atoms with Crippen LogP contribution in [0.1, 0.15) is 5.56 Å². The highest BCUT2D eigenvalue weighted by Crippen LogP contribution is 2.33. The number of ether oxygens (including phenoxy) is 1. The maximum atomic E-state index is 14.1. The van der Waals surface area contributed by atoms with E-state index in [4.69, 9.17) is 22.1 Å². The molecule has 2 nitrogen and oxygen atoms in total. The van der Waals surface area contributed by atoms with Gasteiger partial charge in [-0.1, -0.05) is 35.9 Å². The summed E-state index contributed by atoms with van der Waals surface area (Å²) in [6.45, 7) is 0.403. The molecule has 94 valence electrons. The van der Waals surface area contributed by atoms with Crippen molar-refractivity contribution in [3.63, 3.8) is 0 Å². The van der Waals surface area contributed by atoms with Gasteiger partial charge in [0.15, 0.2) is 11.6 Å². The molecule has 0 bridgehead atoms. The molecule has 4 heteroatoms. The Morgan fingerprint density at radius 3 is 2.61 bits per heavy atom. The van der Waals surface area contributed by atoms with Crippen LogP contribution in [0.4, 0.5) is 4.39 Å². The molecule has 2 rings (SSSR count). The van der Waals surface area contributed by atoms with Crippen LogP contribution < -0.4 is 10.5 Å². The zero-order chi connectivity index (χ0) is 13.1. The molecule has 0 saturated carbocycles. The summed E-state index contributed by atoms with van der Waals surface area (Å²) in [5.74, 6) is -0.214. The van der Waals surface area contributed by atoms with Gasteiger partial charge in [-0.25, -0.2) is 4.39 Å². The van der Waals surface area contributed by atoms with Crippen molar-refractivity contribution in [2.24, 2.45) is 5.73 Å². The van der Waals surface area contributed by atoms with Crippen LogP contribution in [0.3, 0.4) is 0 Å². The van der Waals surface area contributed by atoms with E-state index in [1.165, 1.54) is 7.11 Å². The van der Waals surface area contributed by atoms with Crippen LogP contribution in [0, 0.1) is 5.82 Å². The van der Waals surface area contributed by atoms with Crippen molar-refractivity contribution in [3.8, 4) is 16.9 Å². The van der Waals surface area contributed by atoms with Crippen molar-refractivity contribution in [1.29, 1.82) is 0 Å². The molecule has 0 aromatic heterocycles. The van der Waals surface area contributed by atoms with E-state index < -0.39 is 5.82 Å². The molecule has 18 heavy (non-hydrogen) atoms. The van der Waals surface area contributed by atoms with E-state index >= 15 is 0 Å². The largest absolute Gasteiger partial charge is 0.494 e. The van der Waals surface area contributed by atoms with Gasteiger partial charge >= 0.3 is 0 Å². The molecule has 2 aromatic carbocycles. The summed E-state index contributed by atoms with van der Waals surface area (Å²) < 4.78 is 19.1. The minimum Gasteiger partial charge on any atom is -0.494 e. The van der Waals surface area contributed by atoms with Gasteiger partial charge in [0.1, 0.15) is 0 Å². The zero-order valence-corrected chi connectivity index (χ0v) is 10.7. The second-order valence-electron chi connectivity index (χ2n) is 3.84. The van der Waals surface area contributed by atoms with Gasteiger partial charge in [-0.2, -0.15) is 0 Å². The zero-order valence-electron chi connectivity index (χ0n) is 9.91. The summed E-state index contributed by atoms with van der Waals surface area (Å²) >= 11 is 6.15. The van der Waals surface area contributed by atoms with Gasteiger partial charge in [0, 0.05) is 22.7 Å². The van der Waals surface area contributed by atoms with Crippen LogP contribution >= 0.6 is 11.6 Å². The predicted molar refractivity (Wildman–Crippen MR) is 71.3 cm³/mol. The predicted octanol–water partition coefficient (Wildman–Crippen LogP) is 3.61. The molecular formula is C14H13ClFNO. The molecule has 0 saturated heterocycles. The lowest BCUT2D eigenvalue weighted by atomic mass is 10.0. The van der Waals surface area contributed by atoms with E-state index in [0.29, 0.717) is 22.7 Å². The number of halogens is 2. The minimum absolute atomic E-state index is 0.200. The number of benzene rings is 2. The molecule has 2 aromatic rings. The standard InChI is InChI=1S/C14H13ClFNO/c1-18-13-4-2-3-11(14(13)16)10-6-5-9(8-17)7-12(10)15/h2-7H,8,17H2,1H3. The van der Waals surface area contributed by atoms with E-state index in [1.807, 2.05) is 6.07 Å². The fraction of sp³-hybridized carbons (Fsp3) is 0.143. The average Bonchev–Trinajstić information content (AvgIpc) is 2.39. The first-order chi connectivity index (χ1) is 8.67. The van der Waals surface area contributed by atoms with Crippen LogP contribution in [0.5, 0.6) is 5.75 Å². The number of hydrogen-bond donors (Lipinski definition) is 1. The lowest BCUT2D eigenvalue weighted by Crippen LogP contribution is -1.97. The molecule has 0 unspecified atom stereocenters. The maximum Gasteiger partial charge on any atom is 0.172 e. The average molecular weight is 266 g/mol.